The van der Waals surface area contributed by atoms with Gasteiger partial charge in [0.05, 0.1) is 0 Å². The summed E-state index contributed by atoms with van der Waals surface area (Å²) in [6, 6.07) is 0. The predicted molar refractivity (Wildman–Crippen MR) is 83.7 cm³/mol. The van der Waals surface area contributed by atoms with Crippen LogP contribution in [0.2, 0.25) is 0 Å². The predicted octanol–water partition coefficient (Wildman–Crippen LogP) is 4.45. The summed E-state index contributed by atoms with van der Waals surface area (Å²) >= 11 is 0. The van der Waals surface area contributed by atoms with Crippen molar-refractivity contribution in [2.24, 2.45) is 5.73 Å². The summed E-state index contributed by atoms with van der Waals surface area (Å²) in [6.45, 7) is 8.52. The Morgan fingerprint density at radius 3 is 2.11 bits per heavy atom. The molecule has 0 aromatic heterocycles. The first-order valence-electron chi connectivity index (χ1n) is 6.84. The van der Waals surface area contributed by atoms with Crippen LogP contribution in [0.3, 0.4) is 0 Å². The Labute approximate surface area is 117 Å². The molecular weight excluding hydrogens is 234 g/mol. The average Bonchev–Trinajstić information content (AvgIpc) is 2.27. The summed E-state index contributed by atoms with van der Waals surface area (Å²) in [7, 11) is 0. The van der Waals surface area contributed by atoms with Crippen LogP contribution < -0.4 is 5.73 Å². The second kappa shape index (κ2) is 10.4. The molecule has 0 spiro atoms. The maximum absolute atomic E-state index is 10.5. The lowest BCUT2D eigenvalue weighted by Gasteiger charge is -2.00. The fraction of sp³-hybridized carbons (Fsp3) is 0.471. The second-order valence-electron chi connectivity index (χ2n) is 5.18. The maximum Gasteiger partial charge on any atom is 0.241 e. The first-order valence-corrected chi connectivity index (χ1v) is 6.84. The van der Waals surface area contributed by atoms with Gasteiger partial charge in [0, 0.05) is 6.08 Å². The van der Waals surface area contributed by atoms with Gasteiger partial charge in [-0.2, -0.15) is 0 Å². The molecule has 2 heteroatoms. The molecule has 19 heavy (non-hydrogen) atoms. The zero-order chi connectivity index (χ0) is 14.7. The van der Waals surface area contributed by atoms with E-state index in [0.29, 0.717) is 0 Å². The van der Waals surface area contributed by atoms with Crippen LogP contribution in [0.25, 0.3) is 0 Å². The fourth-order valence-electron chi connectivity index (χ4n) is 1.63. The molecule has 0 bridgehead atoms. The third kappa shape index (κ3) is 12.7. The normalized spacial score (nSPS) is 12.8. The lowest BCUT2D eigenvalue weighted by Crippen LogP contribution is -2.04. The van der Waals surface area contributed by atoms with Crippen LogP contribution in [0, 0.1) is 0 Å². The molecule has 0 aliphatic rings. The summed E-state index contributed by atoms with van der Waals surface area (Å²) in [5.74, 6) is -0.404. The van der Waals surface area contributed by atoms with Crippen LogP contribution in [0.5, 0.6) is 0 Å². The summed E-state index contributed by atoms with van der Waals surface area (Å²) in [4.78, 5) is 10.5. The summed E-state index contributed by atoms with van der Waals surface area (Å²) < 4.78 is 0. The number of amides is 1. The number of allylic oxidation sites excluding steroid dienone is 7. The smallest absolute Gasteiger partial charge is 0.241 e. The molecule has 0 aromatic rings. The summed E-state index contributed by atoms with van der Waals surface area (Å²) in [6.07, 6.45) is 13.9. The van der Waals surface area contributed by atoms with E-state index >= 15 is 0 Å². The van der Waals surface area contributed by atoms with E-state index in [1.807, 2.05) is 6.08 Å². The minimum atomic E-state index is -0.404. The fourth-order valence-corrected chi connectivity index (χ4v) is 1.63. The minimum absolute atomic E-state index is 0.404. The van der Waals surface area contributed by atoms with Crippen LogP contribution in [-0.2, 0) is 4.79 Å². The largest absolute Gasteiger partial charge is 0.366 e. The number of primary amides is 1. The molecule has 0 saturated heterocycles. The van der Waals surface area contributed by atoms with Gasteiger partial charge in [-0.05, 0) is 53.4 Å². The quantitative estimate of drug-likeness (QED) is 0.391. The highest BCUT2D eigenvalue weighted by molar-refractivity contribution is 5.85. The molecule has 2 nitrogen and oxygen atoms in total. The van der Waals surface area contributed by atoms with E-state index in [0.717, 1.165) is 25.7 Å². The SMILES string of the molecule is CC(C)=CCC/C(C)=C/CC/C(C)=C/C=C/C(N)=O. The van der Waals surface area contributed by atoms with E-state index in [-0.39, 0.29) is 0 Å². The van der Waals surface area contributed by atoms with Crippen molar-refractivity contribution in [1.82, 2.24) is 0 Å². The van der Waals surface area contributed by atoms with Crippen LogP contribution in [0.1, 0.15) is 53.4 Å². The molecule has 1 amide bonds. The van der Waals surface area contributed by atoms with E-state index in [1.54, 1.807) is 6.08 Å². The van der Waals surface area contributed by atoms with Crippen molar-refractivity contribution >= 4 is 5.91 Å². The molecule has 0 fully saturated rings. The van der Waals surface area contributed by atoms with Crippen LogP contribution >= 0.6 is 0 Å². The van der Waals surface area contributed by atoms with Gasteiger partial charge in [0.25, 0.3) is 0 Å². The van der Waals surface area contributed by atoms with Crippen molar-refractivity contribution in [3.63, 3.8) is 0 Å². The number of hydrogen-bond acceptors (Lipinski definition) is 1. The van der Waals surface area contributed by atoms with E-state index in [4.69, 9.17) is 5.73 Å². The number of carbonyl (C=O) groups excluding carboxylic acids is 1. The van der Waals surface area contributed by atoms with Crippen LogP contribution in [0.4, 0.5) is 0 Å². The maximum atomic E-state index is 10.5. The van der Waals surface area contributed by atoms with Gasteiger partial charge in [-0.25, -0.2) is 0 Å². The highest BCUT2D eigenvalue weighted by Crippen LogP contribution is 2.11. The highest BCUT2D eigenvalue weighted by atomic mass is 16.1. The molecule has 0 saturated carbocycles. The second-order valence-corrected chi connectivity index (χ2v) is 5.18. The Morgan fingerprint density at radius 1 is 0.947 bits per heavy atom. The molecule has 0 aromatic carbocycles. The van der Waals surface area contributed by atoms with E-state index in [2.05, 4.69) is 39.8 Å². The van der Waals surface area contributed by atoms with Gasteiger partial charge in [0.1, 0.15) is 0 Å². The van der Waals surface area contributed by atoms with Gasteiger partial charge < -0.3 is 5.73 Å². The van der Waals surface area contributed by atoms with Gasteiger partial charge in [0.15, 0.2) is 0 Å². The Balaban J connectivity index is 3.99. The number of nitrogens with two attached hydrogens (primary N) is 1. The minimum Gasteiger partial charge on any atom is -0.366 e. The third-order valence-electron chi connectivity index (χ3n) is 2.76. The standard InChI is InChI=1S/C17H27NO/c1-14(2)8-5-9-15(3)10-6-11-16(4)12-7-13-17(18)19/h7-8,10,12-13H,5-6,9,11H2,1-4H3,(H2,18,19)/b13-7+,15-10+,16-12+. The lowest BCUT2D eigenvalue weighted by atomic mass is 10.1. The van der Waals surface area contributed by atoms with Gasteiger partial charge in [-0.1, -0.05) is 41.0 Å². The Kier molecular flexibility index (Phi) is 9.51. The number of rotatable bonds is 8. The molecule has 106 valence electrons. The first-order chi connectivity index (χ1) is 8.91. The summed E-state index contributed by atoms with van der Waals surface area (Å²) in [5.41, 5.74) is 9.10. The zero-order valence-electron chi connectivity index (χ0n) is 12.7. The molecule has 0 rings (SSSR count). The molecule has 0 atom stereocenters. The van der Waals surface area contributed by atoms with E-state index in [9.17, 15) is 4.79 Å². The van der Waals surface area contributed by atoms with Crippen LogP contribution in [-0.4, -0.2) is 5.91 Å². The van der Waals surface area contributed by atoms with Crippen molar-refractivity contribution in [2.75, 3.05) is 0 Å². The summed E-state index contributed by atoms with van der Waals surface area (Å²) in [5, 5.41) is 0. The topological polar surface area (TPSA) is 43.1 Å². The van der Waals surface area contributed by atoms with Gasteiger partial charge in [-0.15, -0.1) is 0 Å². The molecule has 0 radical (unpaired) electrons. The monoisotopic (exact) mass is 261 g/mol. The lowest BCUT2D eigenvalue weighted by molar-refractivity contribution is -0.113. The third-order valence-corrected chi connectivity index (χ3v) is 2.76. The highest BCUT2D eigenvalue weighted by Gasteiger charge is 1.91. The Hall–Kier alpha value is -1.57. The van der Waals surface area contributed by atoms with Crippen molar-refractivity contribution in [1.29, 1.82) is 0 Å². The molecule has 0 heterocycles. The molecule has 0 aliphatic heterocycles. The van der Waals surface area contributed by atoms with E-state index < -0.39 is 5.91 Å². The zero-order valence-corrected chi connectivity index (χ0v) is 12.7. The van der Waals surface area contributed by atoms with Crippen molar-refractivity contribution in [3.05, 3.63) is 47.1 Å². The van der Waals surface area contributed by atoms with E-state index in [1.165, 1.54) is 22.8 Å². The number of carbonyl (C=O) groups is 1. The van der Waals surface area contributed by atoms with Gasteiger partial charge in [0.2, 0.25) is 5.91 Å². The molecule has 2 N–H and O–H groups in total. The van der Waals surface area contributed by atoms with Crippen molar-refractivity contribution in [3.8, 4) is 0 Å². The first kappa shape index (κ1) is 17.4. The molecule has 0 unspecified atom stereocenters. The molecular formula is C17H27NO. The Morgan fingerprint density at radius 2 is 1.53 bits per heavy atom. The van der Waals surface area contributed by atoms with Crippen LogP contribution in [0.15, 0.2) is 47.1 Å². The van der Waals surface area contributed by atoms with Crippen molar-refractivity contribution < 1.29 is 4.79 Å². The number of hydrogen-bond donors (Lipinski definition) is 1. The Bertz CT molecular complexity index is 393. The van der Waals surface area contributed by atoms with Gasteiger partial charge in [-0.3, -0.25) is 4.79 Å². The van der Waals surface area contributed by atoms with Gasteiger partial charge >= 0.3 is 0 Å². The average molecular weight is 261 g/mol. The van der Waals surface area contributed by atoms with Crippen molar-refractivity contribution in [2.45, 2.75) is 53.4 Å². The molecule has 0 aliphatic carbocycles.